The number of rotatable bonds is 3. The molecule has 2 rings (SSSR count). The molecule has 0 bridgehead atoms. The molecule has 0 atom stereocenters. The van der Waals surface area contributed by atoms with Crippen molar-refractivity contribution in [1.29, 1.82) is 0 Å². The first-order chi connectivity index (χ1) is 9.99. The third-order valence-electron chi connectivity index (χ3n) is 2.93. The average molecular weight is 288 g/mol. The number of benzene rings is 1. The number of aromatic amines is 1. The lowest BCUT2D eigenvalue weighted by molar-refractivity contribution is -0.133. The predicted octanol–water partition coefficient (Wildman–Crippen LogP) is 0.682. The lowest BCUT2D eigenvalue weighted by Crippen LogP contribution is -2.34. The van der Waals surface area contributed by atoms with Crippen LogP contribution in [0.25, 0.3) is 10.9 Å². The van der Waals surface area contributed by atoms with Crippen molar-refractivity contribution in [2.75, 3.05) is 7.11 Å². The summed E-state index contributed by atoms with van der Waals surface area (Å²) in [6.07, 6.45) is 0.110. The van der Waals surface area contributed by atoms with Crippen LogP contribution in [0.3, 0.4) is 0 Å². The molecule has 1 heterocycles. The fourth-order valence-electron chi connectivity index (χ4n) is 1.95. The largest absolute Gasteiger partial charge is 0.496 e. The first-order valence-electron chi connectivity index (χ1n) is 5.99. The van der Waals surface area contributed by atoms with Gasteiger partial charge in [-0.25, -0.2) is 4.90 Å². The van der Waals surface area contributed by atoms with Gasteiger partial charge in [-0.05, 0) is 12.1 Å². The molecule has 0 saturated heterocycles. The molecule has 0 unspecified atom stereocenters. The number of amides is 3. The number of aromatic nitrogens is 1. The van der Waals surface area contributed by atoms with E-state index in [0.29, 0.717) is 16.2 Å². The number of hydrogen-bond donors (Lipinski definition) is 1. The van der Waals surface area contributed by atoms with Crippen molar-refractivity contribution in [3.63, 3.8) is 0 Å². The van der Waals surface area contributed by atoms with E-state index in [1.807, 2.05) is 0 Å². The fraction of sp³-hybridized carbons (Fsp3) is 0.143. The number of fused-ring (bicyclic) bond motifs is 1. The molecule has 0 aliphatic carbocycles. The zero-order valence-corrected chi connectivity index (χ0v) is 11.4. The molecule has 7 heteroatoms. The Morgan fingerprint density at radius 3 is 2.62 bits per heavy atom. The van der Waals surface area contributed by atoms with E-state index in [1.54, 1.807) is 18.2 Å². The van der Waals surface area contributed by atoms with Crippen LogP contribution in [0.1, 0.15) is 17.4 Å². The molecular formula is C14H12N2O5. The van der Waals surface area contributed by atoms with E-state index >= 15 is 0 Å². The number of imide groups is 3. The summed E-state index contributed by atoms with van der Waals surface area (Å²) in [6, 6.07) is 5.89. The van der Waals surface area contributed by atoms with Crippen LogP contribution in [0.5, 0.6) is 5.75 Å². The molecule has 21 heavy (non-hydrogen) atoms. The molecule has 0 radical (unpaired) electrons. The summed E-state index contributed by atoms with van der Waals surface area (Å²) >= 11 is 0. The Labute approximate surface area is 119 Å². The summed E-state index contributed by atoms with van der Waals surface area (Å²) in [6.45, 7) is 1.08. The number of H-pyrrole nitrogens is 1. The highest BCUT2D eigenvalue weighted by molar-refractivity contribution is 6.11. The Kier molecular flexibility index (Phi) is 3.84. The topological polar surface area (TPSA) is 96.5 Å². The number of nitrogens with zero attached hydrogens (tertiary/aromatic N) is 1. The van der Waals surface area contributed by atoms with Gasteiger partial charge < -0.3 is 9.72 Å². The number of hydrogen-bond acceptors (Lipinski definition) is 5. The maximum absolute atomic E-state index is 12.1. The van der Waals surface area contributed by atoms with Gasteiger partial charge in [0.15, 0.2) is 5.43 Å². The molecule has 1 N–H and O–H groups in total. The molecular weight excluding hydrogens is 276 g/mol. The molecule has 1 aromatic carbocycles. The first-order valence-corrected chi connectivity index (χ1v) is 5.99. The van der Waals surface area contributed by atoms with Gasteiger partial charge in [-0.2, -0.15) is 0 Å². The molecule has 0 aliphatic rings. The smallest absolute Gasteiger partial charge is 0.283 e. The third kappa shape index (κ3) is 2.53. The minimum Gasteiger partial charge on any atom is -0.496 e. The Morgan fingerprint density at radius 1 is 1.33 bits per heavy atom. The van der Waals surface area contributed by atoms with Crippen molar-refractivity contribution in [2.24, 2.45) is 0 Å². The summed E-state index contributed by atoms with van der Waals surface area (Å²) < 4.78 is 5.09. The summed E-state index contributed by atoms with van der Waals surface area (Å²) in [5, 5.41) is 0.289. The molecule has 1 aromatic heterocycles. The lowest BCUT2D eigenvalue weighted by Gasteiger charge is -2.12. The second kappa shape index (κ2) is 5.58. The zero-order valence-electron chi connectivity index (χ0n) is 11.4. The van der Waals surface area contributed by atoms with Gasteiger partial charge >= 0.3 is 0 Å². The van der Waals surface area contributed by atoms with Crippen molar-refractivity contribution in [3.8, 4) is 5.75 Å². The van der Waals surface area contributed by atoms with Crippen LogP contribution in [0.15, 0.2) is 29.1 Å². The molecule has 108 valence electrons. The maximum atomic E-state index is 12.1. The molecule has 2 aromatic rings. The minimum absolute atomic E-state index is 0.110. The van der Waals surface area contributed by atoms with Crippen molar-refractivity contribution in [3.05, 3.63) is 40.2 Å². The SMILES string of the molecule is COc1cccc2[nH]c(C(=O)N(C=O)C(C)=O)cc(=O)c12. The molecule has 0 saturated carbocycles. The van der Waals surface area contributed by atoms with Crippen molar-refractivity contribution in [2.45, 2.75) is 6.92 Å². The second-order valence-corrected chi connectivity index (χ2v) is 4.23. The van der Waals surface area contributed by atoms with Crippen molar-refractivity contribution >= 4 is 29.1 Å². The van der Waals surface area contributed by atoms with Gasteiger partial charge in [-0.15, -0.1) is 0 Å². The third-order valence-corrected chi connectivity index (χ3v) is 2.93. The second-order valence-electron chi connectivity index (χ2n) is 4.23. The zero-order chi connectivity index (χ0) is 15.6. The number of carbonyl (C=O) groups excluding carboxylic acids is 3. The Bertz CT molecular complexity index is 794. The van der Waals surface area contributed by atoms with Gasteiger partial charge in [0.2, 0.25) is 12.3 Å². The normalized spacial score (nSPS) is 10.2. The van der Waals surface area contributed by atoms with Crippen LogP contribution in [0.2, 0.25) is 0 Å². The van der Waals surface area contributed by atoms with Gasteiger partial charge in [0.25, 0.3) is 5.91 Å². The summed E-state index contributed by atoms with van der Waals surface area (Å²) in [5.41, 5.74) is -0.221. The van der Waals surface area contributed by atoms with Crippen LogP contribution in [0.4, 0.5) is 0 Å². The lowest BCUT2D eigenvalue weighted by atomic mass is 10.1. The number of ether oxygens (including phenoxy) is 1. The minimum atomic E-state index is -0.890. The number of nitrogens with one attached hydrogen (secondary N) is 1. The summed E-state index contributed by atoms with van der Waals surface area (Å²) in [7, 11) is 1.43. The fourth-order valence-corrected chi connectivity index (χ4v) is 1.95. The van der Waals surface area contributed by atoms with Gasteiger partial charge in [0.05, 0.1) is 18.0 Å². The van der Waals surface area contributed by atoms with Crippen LogP contribution in [0, 0.1) is 0 Å². The van der Waals surface area contributed by atoms with Crippen molar-refractivity contribution in [1.82, 2.24) is 9.88 Å². The Hall–Kier alpha value is -2.96. The van der Waals surface area contributed by atoms with Gasteiger partial charge in [-0.1, -0.05) is 6.07 Å². The summed E-state index contributed by atoms with van der Waals surface area (Å²) in [4.78, 5) is 49.3. The highest BCUT2D eigenvalue weighted by atomic mass is 16.5. The van der Waals surface area contributed by atoms with E-state index in [4.69, 9.17) is 4.74 Å². The molecule has 0 spiro atoms. The van der Waals surface area contributed by atoms with E-state index in [1.165, 1.54) is 7.11 Å². The van der Waals surface area contributed by atoms with Crippen molar-refractivity contribution < 1.29 is 19.1 Å². The van der Waals surface area contributed by atoms with E-state index in [0.717, 1.165) is 13.0 Å². The van der Waals surface area contributed by atoms with Gasteiger partial charge in [0, 0.05) is 13.0 Å². The molecule has 7 nitrogen and oxygen atoms in total. The Morgan fingerprint density at radius 2 is 2.05 bits per heavy atom. The van der Waals surface area contributed by atoms with Crippen LogP contribution in [-0.2, 0) is 9.59 Å². The van der Waals surface area contributed by atoms with Crippen LogP contribution < -0.4 is 10.2 Å². The standard InChI is InChI=1S/C14H12N2O5/c1-8(18)16(7-17)14(20)10-6-11(19)13-9(15-10)4-3-5-12(13)21-2/h3-7H,1-2H3,(H,15,19). The number of carbonyl (C=O) groups is 3. The predicted molar refractivity (Wildman–Crippen MR) is 74.0 cm³/mol. The molecule has 0 aliphatic heterocycles. The molecule has 0 fully saturated rings. The Balaban J connectivity index is 2.63. The maximum Gasteiger partial charge on any atom is 0.283 e. The highest BCUT2D eigenvalue weighted by Crippen LogP contribution is 2.20. The average Bonchev–Trinajstić information content (AvgIpc) is 2.46. The number of pyridine rings is 1. The van der Waals surface area contributed by atoms with E-state index in [9.17, 15) is 19.2 Å². The van der Waals surface area contributed by atoms with Crippen LogP contribution in [-0.4, -0.2) is 35.2 Å². The van der Waals surface area contributed by atoms with E-state index < -0.39 is 17.2 Å². The summed E-state index contributed by atoms with van der Waals surface area (Å²) in [5.74, 6) is -1.26. The van der Waals surface area contributed by atoms with E-state index in [-0.39, 0.29) is 17.5 Å². The van der Waals surface area contributed by atoms with E-state index in [2.05, 4.69) is 4.98 Å². The van der Waals surface area contributed by atoms with Gasteiger partial charge in [-0.3, -0.25) is 19.2 Å². The van der Waals surface area contributed by atoms with Gasteiger partial charge in [0.1, 0.15) is 11.4 Å². The molecule has 3 amide bonds. The first kappa shape index (κ1) is 14.4. The quantitative estimate of drug-likeness (QED) is 0.838. The number of methoxy groups -OCH3 is 1. The van der Waals surface area contributed by atoms with Crippen LogP contribution >= 0.6 is 0 Å². The highest BCUT2D eigenvalue weighted by Gasteiger charge is 2.21. The monoisotopic (exact) mass is 288 g/mol.